The van der Waals surface area contributed by atoms with Crippen molar-refractivity contribution in [1.82, 2.24) is 0 Å². The van der Waals surface area contributed by atoms with Gasteiger partial charge in [0.1, 0.15) is 11.6 Å². The lowest BCUT2D eigenvalue weighted by molar-refractivity contribution is -0.116. The van der Waals surface area contributed by atoms with Gasteiger partial charge in [0.05, 0.1) is 11.4 Å². The van der Waals surface area contributed by atoms with Crippen molar-refractivity contribution in [2.75, 3.05) is 10.2 Å². The molecule has 0 spiro atoms. The van der Waals surface area contributed by atoms with Crippen LogP contribution in [0.15, 0.2) is 42.5 Å². The zero-order valence-electron chi connectivity index (χ0n) is 13.1. The van der Waals surface area contributed by atoms with Gasteiger partial charge in [-0.15, -0.1) is 0 Å². The van der Waals surface area contributed by atoms with Gasteiger partial charge in [0.2, 0.25) is 5.91 Å². The van der Waals surface area contributed by atoms with Gasteiger partial charge in [0.15, 0.2) is 0 Å². The average molecular weight is 330 g/mol. The normalized spacial score (nSPS) is 13.5. The zero-order valence-corrected chi connectivity index (χ0v) is 13.1. The number of benzene rings is 2. The Morgan fingerprint density at radius 2 is 1.67 bits per heavy atom. The minimum absolute atomic E-state index is 0.0782. The third-order valence-corrected chi connectivity index (χ3v) is 3.82. The molecule has 0 aliphatic heterocycles. The minimum atomic E-state index is -0.521. The Morgan fingerprint density at radius 3 is 2.25 bits per heavy atom. The second-order valence-electron chi connectivity index (χ2n) is 5.74. The van der Waals surface area contributed by atoms with Crippen LogP contribution >= 0.6 is 0 Å². The number of anilines is 2. The zero-order chi connectivity index (χ0) is 17.3. The van der Waals surface area contributed by atoms with E-state index < -0.39 is 17.5 Å². The molecule has 0 atom stereocenters. The van der Waals surface area contributed by atoms with Crippen molar-refractivity contribution in [3.05, 3.63) is 59.7 Å². The number of carbonyl (C=O) groups excluding carboxylic acids is 2. The lowest BCUT2D eigenvalue weighted by Crippen LogP contribution is -2.31. The molecule has 1 saturated carbocycles. The van der Waals surface area contributed by atoms with Crippen molar-refractivity contribution < 1.29 is 18.4 Å². The highest BCUT2D eigenvalue weighted by atomic mass is 19.1. The first-order chi connectivity index (χ1) is 11.5. The minimum Gasteiger partial charge on any atom is -0.320 e. The number of nitrogens with one attached hydrogen (secondary N) is 1. The average Bonchev–Trinajstić information content (AvgIpc) is 3.35. The maximum atomic E-state index is 13.6. The van der Waals surface area contributed by atoms with Gasteiger partial charge in [-0.1, -0.05) is 0 Å². The SMILES string of the molecule is CC(=O)N(c1ccc(F)cc1NC(=O)c1ccc(F)cc1)C1CC1. The molecule has 0 bridgehead atoms. The molecule has 2 aromatic carbocycles. The summed E-state index contributed by atoms with van der Waals surface area (Å²) in [6.45, 7) is 1.44. The molecule has 2 aromatic rings. The van der Waals surface area contributed by atoms with Crippen LogP contribution in [0.2, 0.25) is 0 Å². The number of hydrogen-bond acceptors (Lipinski definition) is 2. The lowest BCUT2D eigenvalue weighted by Gasteiger charge is -2.24. The lowest BCUT2D eigenvalue weighted by atomic mass is 10.2. The highest BCUT2D eigenvalue weighted by Gasteiger charge is 2.33. The van der Waals surface area contributed by atoms with Crippen molar-refractivity contribution >= 4 is 23.2 Å². The Kier molecular flexibility index (Phi) is 4.29. The Labute approximate surface area is 138 Å². The van der Waals surface area contributed by atoms with Gasteiger partial charge in [-0.3, -0.25) is 9.59 Å². The van der Waals surface area contributed by atoms with Gasteiger partial charge in [-0.05, 0) is 55.3 Å². The van der Waals surface area contributed by atoms with Gasteiger partial charge in [-0.25, -0.2) is 8.78 Å². The van der Waals surface area contributed by atoms with E-state index in [0.29, 0.717) is 5.69 Å². The van der Waals surface area contributed by atoms with E-state index in [4.69, 9.17) is 0 Å². The maximum Gasteiger partial charge on any atom is 0.255 e. The van der Waals surface area contributed by atoms with Gasteiger partial charge < -0.3 is 10.2 Å². The van der Waals surface area contributed by atoms with Gasteiger partial charge in [0.25, 0.3) is 5.91 Å². The molecule has 24 heavy (non-hydrogen) atoms. The predicted octanol–water partition coefficient (Wildman–Crippen LogP) is 3.73. The van der Waals surface area contributed by atoms with Gasteiger partial charge >= 0.3 is 0 Å². The molecular weight excluding hydrogens is 314 g/mol. The molecule has 2 amide bonds. The van der Waals surface area contributed by atoms with Gasteiger partial charge in [0, 0.05) is 18.5 Å². The molecule has 0 aromatic heterocycles. The molecular formula is C18H16F2N2O2. The highest BCUT2D eigenvalue weighted by molar-refractivity contribution is 6.07. The van der Waals surface area contributed by atoms with Crippen LogP contribution in [-0.4, -0.2) is 17.9 Å². The van der Waals surface area contributed by atoms with E-state index in [-0.39, 0.29) is 23.2 Å². The van der Waals surface area contributed by atoms with Crippen molar-refractivity contribution in [2.45, 2.75) is 25.8 Å². The van der Waals surface area contributed by atoms with E-state index in [0.717, 1.165) is 12.8 Å². The van der Waals surface area contributed by atoms with Crippen LogP contribution in [0.25, 0.3) is 0 Å². The van der Waals surface area contributed by atoms with E-state index >= 15 is 0 Å². The Balaban J connectivity index is 1.91. The summed E-state index contributed by atoms with van der Waals surface area (Å²) in [5.74, 6) is -1.63. The Bertz CT molecular complexity index is 786. The van der Waals surface area contributed by atoms with E-state index in [1.165, 1.54) is 49.4 Å². The fourth-order valence-corrected chi connectivity index (χ4v) is 2.57. The number of nitrogens with zero attached hydrogens (tertiary/aromatic N) is 1. The summed E-state index contributed by atoms with van der Waals surface area (Å²) < 4.78 is 26.6. The maximum absolute atomic E-state index is 13.6. The summed E-state index contributed by atoms with van der Waals surface area (Å²) >= 11 is 0. The standard InChI is InChI=1S/C18H16F2N2O2/c1-11(23)22(15-7-8-15)17-9-6-14(20)10-16(17)21-18(24)12-2-4-13(19)5-3-12/h2-6,9-10,15H,7-8H2,1H3,(H,21,24). The van der Waals surface area contributed by atoms with Crippen LogP contribution in [0.1, 0.15) is 30.1 Å². The summed E-state index contributed by atoms with van der Waals surface area (Å²) in [5.41, 5.74) is 0.917. The van der Waals surface area contributed by atoms with E-state index in [9.17, 15) is 18.4 Å². The quantitative estimate of drug-likeness (QED) is 0.928. The van der Waals surface area contributed by atoms with E-state index in [1.807, 2.05) is 0 Å². The topological polar surface area (TPSA) is 49.4 Å². The summed E-state index contributed by atoms with van der Waals surface area (Å²) in [7, 11) is 0. The van der Waals surface area contributed by atoms with E-state index in [1.54, 1.807) is 4.90 Å². The van der Waals surface area contributed by atoms with Crippen LogP contribution in [0.3, 0.4) is 0 Å². The molecule has 1 aliphatic rings. The molecule has 124 valence electrons. The Morgan fingerprint density at radius 1 is 1.04 bits per heavy atom. The molecule has 1 N–H and O–H groups in total. The number of carbonyl (C=O) groups is 2. The number of halogens is 2. The van der Waals surface area contributed by atoms with Crippen molar-refractivity contribution in [2.24, 2.45) is 0 Å². The summed E-state index contributed by atoms with van der Waals surface area (Å²) in [5, 5.41) is 2.61. The number of hydrogen-bond donors (Lipinski definition) is 1. The molecule has 4 nitrogen and oxygen atoms in total. The third-order valence-electron chi connectivity index (χ3n) is 3.82. The molecule has 0 heterocycles. The van der Waals surface area contributed by atoms with E-state index in [2.05, 4.69) is 5.32 Å². The van der Waals surface area contributed by atoms with Crippen LogP contribution in [0.4, 0.5) is 20.2 Å². The van der Waals surface area contributed by atoms with Crippen LogP contribution in [0, 0.1) is 11.6 Å². The summed E-state index contributed by atoms with van der Waals surface area (Å²) in [6, 6.07) is 9.02. The summed E-state index contributed by atoms with van der Waals surface area (Å²) in [4.78, 5) is 25.8. The first-order valence-corrected chi connectivity index (χ1v) is 7.62. The van der Waals surface area contributed by atoms with Crippen molar-refractivity contribution in [1.29, 1.82) is 0 Å². The molecule has 1 aliphatic carbocycles. The first-order valence-electron chi connectivity index (χ1n) is 7.62. The molecule has 6 heteroatoms. The fraction of sp³-hybridized carbons (Fsp3) is 0.222. The molecule has 3 rings (SSSR count). The van der Waals surface area contributed by atoms with Crippen LogP contribution in [0.5, 0.6) is 0 Å². The fourth-order valence-electron chi connectivity index (χ4n) is 2.57. The molecule has 1 fully saturated rings. The highest BCUT2D eigenvalue weighted by Crippen LogP contribution is 2.36. The molecule has 0 radical (unpaired) electrons. The van der Waals surface area contributed by atoms with Crippen LogP contribution in [-0.2, 0) is 4.79 Å². The molecule has 0 unspecified atom stereocenters. The smallest absolute Gasteiger partial charge is 0.255 e. The van der Waals surface area contributed by atoms with Crippen molar-refractivity contribution in [3.8, 4) is 0 Å². The first kappa shape index (κ1) is 16.1. The van der Waals surface area contributed by atoms with Crippen LogP contribution < -0.4 is 10.2 Å². The third kappa shape index (κ3) is 3.42. The van der Waals surface area contributed by atoms with Crippen molar-refractivity contribution in [3.63, 3.8) is 0 Å². The van der Waals surface area contributed by atoms with Gasteiger partial charge in [-0.2, -0.15) is 0 Å². The Hall–Kier alpha value is -2.76. The number of rotatable bonds is 4. The second-order valence-corrected chi connectivity index (χ2v) is 5.74. The predicted molar refractivity (Wildman–Crippen MR) is 86.9 cm³/mol. The summed E-state index contributed by atoms with van der Waals surface area (Å²) in [6.07, 6.45) is 1.75. The molecule has 0 saturated heterocycles. The number of amides is 2. The largest absolute Gasteiger partial charge is 0.320 e. The monoisotopic (exact) mass is 330 g/mol. The second kappa shape index (κ2) is 6.39.